The van der Waals surface area contributed by atoms with E-state index in [-0.39, 0.29) is 25.0 Å². The van der Waals surface area contributed by atoms with Gasteiger partial charge in [-0.05, 0) is 64.8 Å². The average Bonchev–Trinajstić information content (AvgIpc) is 2.83. The van der Waals surface area contributed by atoms with Crippen LogP contribution in [0.1, 0.15) is 74.0 Å². The second-order valence-corrected chi connectivity index (χ2v) is 9.56. The molecule has 0 aliphatic heterocycles. The number of carboxylic acid groups (broad SMARTS) is 1. The first-order chi connectivity index (χ1) is 16.7. The van der Waals surface area contributed by atoms with Gasteiger partial charge in [0.15, 0.2) is 0 Å². The molecule has 0 aliphatic rings. The van der Waals surface area contributed by atoms with Crippen LogP contribution in [0.3, 0.4) is 0 Å². The van der Waals surface area contributed by atoms with Gasteiger partial charge in [0.05, 0.1) is 6.42 Å². The molecule has 35 heavy (non-hydrogen) atoms. The Morgan fingerprint density at radius 3 is 2.11 bits per heavy atom. The van der Waals surface area contributed by atoms with Crippen molar-refractivity contribution in [2.75, 3.05) is 6.54 Å². The van der Waals surface area contributed by atoms with Crippen LogP contribution in [0, 0.1) is 5.92 Å². The standard InChI is InChI=1S/C30H35NO4/c1-20(2)18-28(24-12-14-25(15-13-24)30(34)31-17-16-29(32)33)35-27-7-5-6-26(19-27)23-10-8-22(9-11-23)21(3)4/h5-15,19-21,28H,16-18H2,1-4H3,(H,31,34)(H,32,33). The van der Waals surface area contributed by atoms with E-state index in [0.29, 0.717) is 17.4 Å². The fourth-order valence-corrected chi connectivity index (χ4v) is 3.89. The van der Waals surface area contributed by atoms with Crippen molar-refractivity contribution in [3.63, 3.8) is 0 Å². The van der Waals surface area contributed by atoms with E-state index in [4.69, 9.17) is 9.84 Å². The lowest BCUT2D eigenvalue weighted by Gasteiger charge is -2.22. The third-order valence-electron chi connectivity index (χ3n) is 5.88. The molecule has 1 atom stereocenters. The van der Waals surface area contributed by atoms with Crippen LogP contribution in [0.25, 0.3) is 11.1 Å². The van der Waals surface area contributed by atoms with E-state index in [2.05, 4.69) is 69.4 Å². The highest BCUT2D eigenvalue weighted by atomic mass is 16.5. The molecular formula is C30H35NO4. The van der Waals surface area contributed by atoms with Crippen LogP contribution in [-0.2, 0) is 4.79 Å². The number of carboxylic acids is 1. The zero-order valence-corrected chi connectivity index (χ0v) is 21.0. The van der Waals surface area contributed by atoms with Crippen molar-refractivity contribution in [1.82, 2.24) is 5.32 Å². The second kappa shape index (κ2) is 12.2. The van der Waals surface area contributed by atoms with Crippen molar-refractivity contribution in [2.24, 2.45) is 5.92 Å². The molecule has 0 spiro atoms. The molecule has 1 amide bonds. The quantitative estimate of drug-likeness (QED) is 0.319. The summed E-state index contributed by atoms with van der Waals surface area (Å²) in [6.45, 7) is 8.81. The Labute approximate surface area is 208 Å². The maximum absolute atomic E-state index is 12.3. The molecule has 0 heterocycles. The van der Waals surface area contributed by atoms with Gasteiger partial charge in [0, 0.05) is 12.1 Å². The van der Waals surface area contributed by atoms with Gasteiger partial charge >= 0.3 is 5.97 Å². The number of ether oxygens (including phenoxy) is 1. The molecule has 3 aromatic rings. The van der Waals surface area contributed by atoms with Crippen molar-refractivity contribution in [3.8, 4) is 16.9 Å². The third-order valence-corrected chi connectivity index (χ3v) is 5.88. The summed E-state index contributed by atoms with van der Waals surface area (Å²) < 4.78 is 6.46. The van der Waals surface area contributed by atoms with Crippen LogP contribution in [0.5, 0.6) is 5.75 Å². The summed E-state index contributed by atoms with van der Waals surface area (Å²) in [4.78, 5) is 22.9. The maximum Gasteiger partial charge on any atom is 0.305 e. The van der Waals surface area contributed by atoms with Crippen LogP contribution in [0.4, 0.5) is 0 Å². The number of aliphatic carboxylic acids is 1. The van der Waals surface area contributed by atoms with Crippen LogP contribution in [0.15, 0.2) is 72.8 Å². The molecule has 1 unspecified atom stereocenters. The minimum atomic E-state index is -0.939. The predicted molar refractivity (Wildman–Crippen MR) is 140 cm³/mol. The topological polar surface area (TPSA) is 75.6 Å². The lowest BCUT2D eigenvalue weighted by atomic mass is 9.97. The maximum atomic E-state index is 12.3. The molecule has 0 radical (unpaired) electrons. The van der Waals surface area contributed by atoms with Gasteiger partial charge in [-0.25, -0.2) is 0 Å². The Balaban J connectivity index is 1.75. The average molecular weight is 474 g/mol. The number of carbonyl (C=O) groups excluding carboxylic acids is 1. The number of hydrogen-bond donors (Lipinski definition) is 2. The Morgan fingerprint density at radius 1 is 0.857 bits per heavy atom. The number of hydrogen-bond acceptors (Lipinski definition) is 3. The van der Waals surface area contributed by atoms with Crippen molar-refractivity contribution >= 4 is 11.9 Å². The zero-order chi connectivity index (χ0) is 25.4. The minimum absolute atomic E-state index is 0.102. The summed E-state index contributed by atoms with van der Waals surface area (Å²) in [7, 11) is 0. The number of amides is 1. The Bertz CT molecular complexity index is 1120. The predicted octanol–water partition coefficient (Wildman–Crippen LogP) is 6.85. The highest BCUT2D eigenvalue weighted by Gasteiger charge is 2.17. The minimum Gasteiger partial charge on any atom is -0.486 e. The first-order valence-electron chi connectivity index (χ1n) is 12.2. The van der Waals surface area contributed by atoms with Gasteiger partial charge in [0.1, 0.15) is 11.9 Å². The van der Waals surface area contributed by atoms with E-state index < -0.39 is 5.97 Å². The summed E-state index contributed by atoms with van der Waals surface area (Å²) >= 11 is 0. The van der Waals surface area contributed by atoms with Gasteiger partial charge in [0.25, 0.3) is 5.91 Å². The van der Waals surface area contributed by atoms with Gasteiger partial charge < -0.3 is 15.2 Å². The molecule has 0 bridgehead atoms. The smallest absolute Gasteiger partial charge is 0.305 e. The van der Waals surface area contributed by atoms with E-state index in [1.165, 1.54) is 5.56 Å². The summed E-state index contributed by atoms with van der Waals surface area (Å²) in [5.74, 6) is 0.501. The fourth-order valence-electron chi connectivity index (χ4n) is 3.89. The van der Waals surface area contributed by atoms with Crippen molar-refractivity contribution in [2.45, 2.75) is 52.6 Å². The molecule has 5 nitrogen and oxygen atoms in total. The zero-order valence-electron chi connectivity index (χ0n) is 21.0. The molecule has 2 N–H and O–H groups in total. The molecule has 3 aromatic carbocycles. The van der Waals surface area contributed by atoms with Gasteiger partial charge in [-0.15, -0.1) is 0 Å². The van der Waals surface area contributed by atoms with Crippen LogP contribution >= 0.6 is 0 Å². The normalized spacial score (nSPS) is 11.9. The highest BCUT2D eigenvalue weighted by molar-refractivity contribution is 5.94. The van der Waals surface area contributed by atoms with E-state index in [9.17, 15) is 9.59 Å². The van der Waals surface area contributed by atoms with Crippen LogP contribution in [-0.4, -0.2) is 23.5 Å². The molecule has 184 valence electrons. The summed E-state index contributed by atoms with van der Waals surface area (Å²) in [6.07, 6.45) is 0.574. The highest BCUT2D eigenvalue weighted by Crippen LogP contribution is 2.31. The largest absolute Gasteiger partial charge is 0.486 e. The monoisotopic (exact) mass is 473 g/mol. The second-order valence-electron chi connectivity index (χ2n) is 9.56. The van der Waals surface area contributed by atoms with Crippen LogP contribution in [0.2, 0.25) is 0 Å². The molecular weight excluding hydrogens is 438 g/mol. The molecule has 0 aromatic heterocycles. The van der Waals surface area contributed by atoms with Crippen molar-refractivity contribution in [3.05, 3.63) is 89.5 Å². The van der Waals surface area contributed by atoms with E-state index in [1.807, 2.05) is 24.3 Å². The number of rotatable bonds is 11. The number of carbonyl (C=O) groups is 2. The Kier molecular flexibility index (Phi) is 9.07. The number of benzene rings is 3. The lowest BCUT2D eigenvalue weighted by Crippen LogP contribution is -2.26. The van der Waals surface area contributed by atoms with Gasteiger partial charge in [-0.3, -0.25) is 9.59 Å². The van der Waals surface area contributed by atoms with E-state index in [1.54, 1.807) is 12.1 Å². The Morgan fingerprint density at radius 2 is 1.51 bits per heavy atom. The van der Waals surface area contributed by atoms with Gasteiger partial charge in [0.2, 0.25) is 0 Å². The SMILES string of the molecule is CC(C)CC(Oc1cccc(-c2ccc(C(C)C)cc2)c1)c1ccc(C(=O)NCCC(=O)O)cc1. The lowest BCUT2D eigenvalue weighted by molar-refractivity contribution is -0.136. The van der Waals surface area contributed by atoms with Crippen LogP contribution < -0.4 is 10.1 Å². The van der Waals surface area contributed by atoms with Crippen molar-refractivity contribution in [1.29, 1.82) is 0 Å². The molecule has 0 saturated heterocycles. The van der Waals surface area contributed by atoms with Crippen molar-refractivity contribution < 1.29 is 19.4 Å². The first-order valence-corrected chi connectivity index (χ1v) is 12.2. The van der Waals surface area contributed by atoms with E-state index in [0.717, 1.165) is 28.9 Å². The molecule has 5 heteroatoms. The summed E-state index contributed by atoms with van der Waals surface area (Å²) in [5.41, 5.74) is 5.06. The summed E-state index contributed by atoms with van der Waals surface area (Å²) in [5, 5.41) is 11.4. The number of nitrogens with one attached hydrogen (secondary N) is 1. The fraction of sp³-hybridized carbons (Fsp3) is 0.333. The summed E-state index contributed by atoms with van der Waals surface area (Å²) in [6, 6.07) is 24.1. The molecule has 0 aliphatic carbocycles. The van der Waals surface area contributed by atoms with Gasteiger partial charge in [-0.2, -0.15) is 0 Å². The third kappa shape index (κ3) is 7.71. The molecule has 3 rings (SSSR count). The van der Waals surface area contributed by atoms with E-state index >= 15 is 0 Å². The molecule has 0 saturated carbocycles. The Hall–Kier alpha value is -3.60. The molecule has 0 fully saturated rings. The first kappa shape index (κ1) is 26.0. The van der Waals surface area contributed by atoms with Gasteiger partial charge in [-0.1, -0.05) is 76.2 Å².